The maximum absolute atomic E-state index is 10.0. The standard InChI is InChI=1S/C14H22O2S/c1-11(8-9-16-3)13(15)10-17-14-7-5-4-6-12(14)2/h4-7,11,13,15H,8-10H2,1-3H3. The maximum atomic E-state index is 10.0. The van der Waals surface area contributed by atoms with Crippen molar-refractivity contribution in [3.05, 3.63) is 29.8 Å². The molecule has 2 atom stereocenters. The molecule has 17 heavy (non-hydrogen) atoms. The summed E-state index contributed by atoms with van der Waals surface area (Å²) in [5.74, 6) is 1.03. The highest BCUT2D eigenvalue weighted by Gasteiger charge is 2.14. The van der Waals surface area contributed by atoms with Gasteiger partial charge in [-0.1, -0.05) is 25.1 Å². The third-order valence-electron chi connectivity index (χ3n) is 2.94. The lowest BCUT2D eigenvalue weighted by Gasteiger charge is -2.18. The minimum atomic E-state index is -0.269. The highest BCUT2D eigenvalue weighted by atomic mass is 32.2. The average molecular weight is 254 g/mol. The fraction of sp³-hybridized carbons (Fsp3) is 0.571. The molecule has 1 aromatic carbocycles. The van der Waals surface area contributed by atoms with E-state index >= 15 is 0 Å². The normalized spacial score (nSPS) is 14.6. The van der Waals surface area contributed by atoms with E-state index in [1.165, 1.54) is 10.5 Å². The molecule has 0 aliphatic carbocycles. The molecular weight excluding hydrogens is 232 g/mol. The van der Waals surface area contributed by atoms with E-state index in [1.807, 2.05) is 12.1 Å². The predicted octanol–water partition coefficient (Wildman–Crippen LogP) is 3.12. The van der Waals surface area contributed by atoms with E-state index in [1.54, 1.807) is 18.9 Å². The number of rotatable bonds is 7. The molecule has 0 aliphatic rings. The third-order valence-corrected chi connectivity index (χ3v) is 4.21. The number of aliphatic hydroxyl groups excluding tert-OH is 1. The Balaban J connectivity index is 2.37. The molecule has 0 aliphatic heterocycles. The van der Waals surface area contributed by atoms with Crippen molar-refractivity contribution < 1.29 is 9.84 Å². The summed E-state index contributed by atoms with van der Waals surface area (Å²) in [4.78, 5) is 1.26. The highest BCUT2D eigenvalue weighted by molar-refractivity contribution is 7.99. The van der Waals surface area contributed by atoms with Crippen LogP contribution in [0.4, 0.5) is 0 Å². The zero-order chi connectivity index (χ0) is 12.7. The molecule has 0 aromatic heterocycles. The van der Waals surface area contributed by atoms with Gasteiger partial charge in [-0.25, -0.2) is 0 Å². The lowest BCUT2D eigenvalue weighted by Crippen LogP contribution is -2.21. The molecule has 1 N–H and O–H groups in total. The average Bonchev–Trinajstić information content (AvgIpc) is 2.34. The van der Waals surface area contributed by atoms with Crippen LogP contribution in [0.5, 0.6) is 0 Å². The van der Waals surface area contributed by atoms with Crippen molar-refractivity contribution in [2.24, 2.45) is 5.92 Å². The molecule has 0 heterocycles. The summed E-state index contributed by atoms with van der Waals surface area (Å²) in [7, 11) is 1.70. The number of ether oxygens (including phenoxy) is 1. The van der Waals surface area contributed by atoms with Crippen molar-refractivity contribution in [1.82, 2.24) is 0 Å². The largest absolute Gasteiger partial charge is 0.392 e. The first kappa shape index (κ1) is 14.6. The van der Waals surface area contributed by atoms with E-state index in [0.717, 1.165) is 12.2 Å². The van der Waals surface area contributed by atoms with Gasteiger partial charge in [0.05, 0.1) is 6.10 Å². The van der Waals surface area contributed by atoms with Gasteiger partial charge in [0.15, 0.2) is 0 Å². The van der Waals surface area contributed by atoms with Crippen molar-refractivity contribution >= 4 is 11.8 Å². The molecule has 2 nitrogen and oxygen atoms in total. The van der Waals surface area contributed by atoms with Crippen LogP contribution in [0.2, 0.25) is 0 Å². The number of benzene rings is 1. The van der Waals surface area contributed by atoms with Gasteiger partial charge >= 0.3 is 0 Å². The van der Waals surface area contributed by atoms with Gasteiger partial charge in [0.1, 0.15) is 0 Å². The van der Waals surface area contributed by atoms with Crippen LogP contribution in [0, 0.1) is 12.8 Å². The quantitative estimate of drug-likeness (QED) is 0.758. The number of aryl methyl sites for hydroxylation is 1. The third kappa shape index (κ3) is 5.11. The Morgan fingerprint density at radius 1 is 1.35 bits per heavy atom. The maximum Gasteiger partial charge on any atom is 0.0660 e. The molecule has 96 valence electrons. The molecule has 0 amide bonds. The van der Waals surface area contributed by atoms with Crippen LogP contribution in [-0.2, 0) is 4.74 Å². The van der Waals surface area contributed by atoms with Crippen LogP contribution >= 0.6 is 11.8 Å². The van der Waals surface area contributed by atoms with E-state index in [9.17, 15) is 5.11 Å². The molecule has 1 aromatic rings. The smallest absolute Gasteiger partial charge is 0.0660 e. The number of aliphatic hydroxyl groups is 1. The SMILES string of the molecule is COCCC(C)C(O)CSc1ccccc1C. The Kier molecular flexibility index (Phi) is 6.63. The van der Waals surface area contributed by atoms with Gasteiger partial charge in [-0.3, -0.25) is 0 Å². The first-order chi connectivity index (χ1) is 8.15. The second-order valence-electron chi connectivity index (χ2n) is 4.40. The predicted molar refractivity (Wildman–Crippen MR) is 73.6 cm³/mol. The van der Waals surface area contributed by atoms with E-state index in [0.29, 0.717) is 6.61 Å². The Hall–Kier alpha value is -0.510. The van der Waals surface area contributed by atoms with E-state index in [2.05, 4.69) is 26.0 Å². The molecule has 0 fully saturated rings. The van der Waals surface area contributed by atoms with Crippen LogP contribution in [0.1, 0.15) is 18.9 Å². The number of thioether (sulfide) groups is 1. The van der Waals surface area contributed by atoms with E-state index in [-0.39, 0.29) is 12.0 Å². The topological polar surface area (TPSA) is 29.5 Å². The van der Waals surface area contributed by atoms with Crippen molar-refractivity contribution in [1.29, 1.82) is 0 Å². The second-order valence-corrected chi connectivity index (χ2v) is 5.46. The monoisotopic (exact) mass is 254 g/mol. The fourth-order valence-corrected chi connectivity index (χ4v) is 2.70. The van der Waals surface area contributed by atoms with Crippen LogP contribution in [-0.4, -0.2) is 30.7 Å². The molecule has 3 heteroatoms. The van der Waals surface area contributed by atoms with E-state index < -0.39 is 0 Å². The molecular formula is C14H22O2S. The Morgan fingerprint density at radius 2 is 2.06 bits per heavy atom. The van der Waals surface area contributed by atoms with Crippen molar-refractivity contribution in [3.8, 4) is 0 Å². The number of methoxy groups -OCH3 is 1. The molecule has 0 saturated carbocycles. The summed E-state index contributed by atoms with van der Waals surface area (Å²) < 4.78 is 5.03. The first-order valence-electron chi connectivity index (χ1n) is 6.00. The van der Waals surface area contributed by atoms with Crippen molar-refractivity contribution in [2.45, 2.75) is 31.3 Å². The molecule has 2 unspecified atom stereocenters. The van der Waals surface area contributed by atoms with Gasteiger partial charge in [-0.2, -0.15) is 0 Å². The van der Waals surface area contributed by atoms with E-state index in [4.69, 9.17) is 4.74 Å². The van der Waals surface area contributed by atoms with Gasteiger partial charge in [0, 0.05) is 24.4 Å². The fourth-order valence-electron chi connectivity index (χ4n) is 1.55. The minimum Gasteiger partial charge on any atom is -0.392 e. The molecule has 0 bridgehead atoms. The first-order valence-corrected chi connectivity index (χ1v) is 6.99. The van der Waals surface area contributed by atoms with Gasteiger partial charge in [-0.05, 0) is 30.9 Å². The molecule has 1 rings (SSSR count). The summed E-state index contributed by atoms with van der Waals surface area (Å²) in [6, 6.07) is 8.28. The van der Waals surface area contributed by atoms with Gasteiger partial charge < -0.3 is 9.84 Å². The van der Waals surface area contributed by atoms with Crippen molar-refractivity contribution in [2.75, 3.05) is 19.5 Å². The van der Waals surface area contributed by atoms with Crippen LogP contribution in [0.25, 0.3) is 0 Å². The summed E-state index contributed by atoms with van der Waals surface area (Å²) in [5, 5.41) is 10.0. The van der Waals surface area contributed by atoms with Crippen LogP contribution in [0.15, 0.2) is 29.2 Å². The van der Waals surface area contributed by atoms with Gasteiger partial charge in [0.25, 0.3) is 0 Å². The lowest BCUT2D eigenvalue weighted by atomic mass is 10.0. The molecule has 0 saturated heterocycles. The molecule has 0 radical (unpaired) electrons. The van der Waals surface area contributed by atoms with Gasteiger partial charge in [0.2, 0.25) is 0 Å². The Morgan fingerprint density at radius 3 is 2.71 bits per heavy atom. The Labute approximate surface area is 108 Å². The summed E-state index contributed by atoms with van der Waals surface area (Å²) in [6.07, 6.45) is 0.640. The molecule has 0 spiro atoms. The van der Waals surface area contributed by atoms with Crippen molar-refractivity contribution in [3.63, 3.8) is 0 Å². The van der Waals surface area contributed by atoms with Gasteiger partial charge in [-0.15, -0.1) is 11.8 Å². The minimum absolute atomic E-state index is 0.269. The summed E-state index contributed by atoms with van der Waals surface area (Å²) >= 11 is 1.73. The zero-order valence-electron chi connectivity index (χ0n) is 10.8. The number of hydrogen-bond acceptors (Lipinski definition) is 3. The summed E-state index contributed by atoms with van der Waals surface area (Å²) in [6.45, 7) is 4.89. The zero-order valence-corrected chi connectivity index (χ0v) is 11.7. The highest BCUT2D eigenvalue weighted by Crippen LogP contribution is 2.24. The Bertz CT molecular complexity index is 328. The number of hydrogen-bond donors (Lipinski definition) is 1. The van der Waals surface area contributed by atoms with Crippen LogP contribution in [0.3, 0.4) is 0 Å². The van der Waals surface area contributed by atoms with Crippen LogP contribution < -0.4 is 0 Å². The second kappa shape index (κ2) is 7.75. The summed E-state index contributed by atoms with van der Waals surface area (Å²) in [5.41, 5.74) is 1.27. The lowest BCUT2D eigenvalue weighted by molar-refractivity contribution is 0.105.